The second-order valence-corrected chi connectivity index (χ2v) is 6.45. The van der Waals surface area contributed by atoms with Crippen molar-refractivity contribution in [2.45, 2.75) is 0 Å². The van der Waals surface area contributed by atoms with Gasteiger partial charge in [-0.3, -0.25) is 4.79 Å². The summed E-state index contributed by atoms with van der Waals surface area (Å²) in [7, 11) is 0. The van der Waals surface area contributed by atoms with Crippen LogP contribution in [0.1, 0.15) is 26.3 Å². The second kappa shape index (κ2) is 8.91. The molecule has 0 radical (unpaired) electrons. The molecule has 0 aromatic heterocycles. The summed E-state index contributed by atoms with van der Waals surface area (Å²) < 4.78 is 6.21. The average molecular weight is 423 g/mol. The highest BCUT2D eigenvalue weighted by Gasteiger charge is 2.07. The molecule has 0 aliphatic rings. The van der Waals surface area contributed by atoms with Gasteiger partial charge in [0.1, 0.15) is 5.75 Å². The Bertz CT molecular complexity index is 953. The van der Waals surface area contributed by atoms with E-state index in [2.05, 4.69) is 26.5 Å². The first-order valence-electron chi connectivity index (χ1n) is 8.08. The third-order valence-corrected chi connectivity index (χ3v) is 4.11. The van der Waals surface area contributed by atoms with E-state index in [1.165, 1.54) is 6.21 Å². The zero-order valence-electron chi connectivity index (χ0n) is 14.1. The van der Waals surface area contributed by atoms with E-state index in [1.807, 2.05) is 6.07 Å². The zero-order valence-corrected chi connectivity index (χ0v) is 15.7. The number of hydrazone groups is 1. The van der Waals surface area contributed by atoms with Gasteiger partial charge >= 0.3 is 5.97 Å². The van der Waals surface area contributed by atoms with Crippen LogP contribution in [-0.2, 0) is 0 Å². The fourth-order valence-corrected chi connectivity index (χ4v) is 2.46. The summed E-state index contributed by atoms with van der Waals surface area (Å²) in [6.07, 6.45) is 1.51. The minimum absolute atomic E-state index is 0.299. The van der Waals surface area contributed by atoms with Crippen LogP contribution in [-0.4, -0.2) is 18.1 Å². The van der Waals surface area contributed by atoms with Crippen molar-refractivity contribution < 1.29 is 14.3 Å². The third kappa shape index (κ3) is 5.36. The number of hydrogen-bond acceptors (Lipinski definition) is 4. The molecule has 1 N–H and O–H groups in total. The molecule has 0 bridgehead atoms. The first kappa shape index (κ1) is 18.5. The predicted molar refractivity (Wildman–Crippen MR) is 107 cm³/mol. The Kier molecular flexibility index (Phi) is 6.12. The summed E-state index contributed by atoms with van der Waals surface area (Å²) in [4.78, 5) is 24.0. The van der Waals surface area contributed by atoms with Crippen molar-refractivity contribution in [2.75, 3.05) is 0 Å². The van der Waals surface area contributed by atoms with Crippen molar-refractivity contribution >= 4 is 34.0 Å². The van der Waals surface area contributed by atoms with Gasteiger partial charge in [0.2, 0.25) is 0 Å². The fraction of sp³-hybridized carbons (Fsp3) is 0. The molecular weight excluding hydrogens is 408 g/mol. The van der Waals surface area contributed by atoms with Gasteiger partial charge in [-0.25, -0.2) is 10.2 Å². The fourth-order valence-electron chi connectivity index (χ4n) is 2.19. The Morgan fingerprint density at radius 1 is 0.852 bits per heavy atom. The largest absolute Gasteiger partial charge is 0.423 e. The van der Waals surface area contributed by atoms with E-state index in [9.17, 15) is 9.59 Å². The van der Waals surface area contributed by atoms with Gasteiger partial charge in [0.25, 0.3) is 5.91 Å². The van der Waals surface area contributed by atoms with Crippen LogP contribution in [0.2, 0.25) is 0 Å². The standard InChI is InChI=1S/C21H15BrN2O3/c22-18-10-8-16(9-11-18)20(25)24-23-14-15-6-12-19(13-7-15)27-21(26)17-4-2-1-3-5-17/h1-14H,(H,24,25). The van der Waals surface area contributed by atoms with Gasteiger partial charge in [0.05, 0.1) is 11.8 Å². The van der Waals surface area contributed by atoms with Crippen LogP contribution in [0.4, 0.5) is 0 Å². The van der Waals surface area contributed by atoms with Crippen LogP contribution in [0.25, 0.3) is 0 Å². The van der Waals surface area contributed by atoms with Crippen LogP contribution in [0.5, 0.6) is 5.75 Å². The number of hydrogen-bond donors (Lipinski definition) is 1. The van der Waals surface area contributed by atoms with E-state index in [-0.39, 0.29) is 5.91 Å². The number of nitrogens with one attached hydrogen (secondary N) is 1. The lowest BCUT2D eigenvalue weighted by molar-refractivity contribution is 0.0734. The maximum Gasteiger partial charge on any atom is 0.343 e. The lowest BCUT2D eigenvalue weighted by atomic mass is 10.2. The maximum atomic E-state index is 12.0. The monoisotopic (exact) mass is 422 g/mol. The van der Waals surface area contributed by atoms with Crippen LogP contribution >= 0.6 is 15.9 Å². The molecular formula is C21H15BrN2O3. The van der Waals surface area contributed by atoms with Crippen molar-refractivity contribution in [2.24, 2.45) is 5.10 Å². The Morgan fingerprint density at radius 3 is 2.19 bits per heavy atom. The summed E-state index contributed by atoms with van der Waals surface area (Å²) in [6, 6.07) is 22.5. The average Bonchev–Trinajstić information content (AvgIpc) is 2.70. The highest BCUT2D eigenvalue weighted by molar-refractivity contribution is 9.10. The highest BCUT2D eigenvalue weighted by atomic mass is 79.9. The lowest BCUT2D eigenvalue weighted by Crippen LogP contribution is -2.17. The van der Waals surface area contributed by atoms with Crippen molar-refractivity contribution in [3.63, 3.8) is 0 Å². The first-order valence-corrected chi connectivity index (χ1v) is 8.87. The molecule has 134 valence electrons. The molecule has 0 unspecified atom stereocenters. The number of nitrogens with zero attached hydrogens (tertiary/aromatic N) is 1. The quantitative estimate of drug-likeness (QED) is 0.286. The van der Waals surface area contributed by atoms with E-state index >= 15 is 0 Å². The van der Waals surface area contributed by atoms with E-state index in [0.29, 0.717) is 16.9 Å². The molecule has 0 fully saturated rings. The Balaban J connectivity index is 1.55. The van der Waals surface area contributed by atoms with Crippen molar-refractivity contribution in [1.82, 2.24) is 5.43 Å². The van der Waals surface area contributed by atoms with E-state index in [4.69, 9.17) is 4.74 Å². The van der Waals surface area contributed by atoms with Gasteiger partial charge in [-0.15, -0.1) is 0 Å². The van der Waals surface area contributed by atoms with Gasteiger partial charge in [-0.05, 0) is 66.2 Å². The summed E-state index contributed by atoms with van der Waals surface area (Å²) in [6.45, 7) is 0. The van der Waals surface area contributed by atoms with Gasteiger partial charge in [0, 0.05) is 10.0 Å². The molecule has 0 spiro atoms. The lowest BCUT2D eigenvalue weighted by Gasteiger charge is -2.04. The number of halogens is 1. The smallest absolute Gasteiger partial charge is 0.343 e. The van der Waals surface area contributed by atoms with Crippen molar-refractivity contribution in [3.8, 4) is 5.75 Å². The minimum atomic E-state index is -0.418. The van der Waals surface area contributed by atoms with Crippen LogP contribution in [0.3, 0.4) is 0 Å². The number of benzene rings is 3. The van der Waals surface area contributed by atoms with E-state index < -0.39 is 5.97 Å². The summed E-state index contributed by atoms with van der Waals surface area (Å²) in [5.74, 6) is -0.286. The summed E-state index contributed by atoms with van der Waals surface area (Å²) >= 11 is 3.32. The molecule has 6 heteroatoms. The molecule has 27 heavy (non-hydrogen) atoms. The zero-order chi connectivity index (χ0) is 19.1. The molecule has 5 nitrogen and oxygen atoms in total. The van der Waals surface area contributed by atoms with Crippen LogP contribution in [0, 0.1) is 0 Å². The number of esters is 1. The van der Waals surface area contributed by atoms with Crippen molar-refractivity contribution in [3.05, 3.63) is 100 Å². The molecule has 3 aromatic carbocycles. The molecule has 0 atom stereocenters. The summed E-state index contributed by atoms with van der Waals surface area (Å²) in [5, 5.41) is 3.93. The number of rotatable bonds is 5. The van der Waals surface area contributed by atoms with E-state index in [0.717, 1.165) is 10.0 Å². The van der Waals surface area contributed by atoms with Gasteiger partial charge < -0.3 is 4.74 Å². The van der Waals surface area contributed by atoms with Crippen molar-refractivity contribution in [1.29, 1.82) is 0 Å². The number of amides is 1. The molecule has 0 aliphatic heterocycles. The van der Waals surface area contributed by atoms with Crippen LogP contribution < -0.4 is 10.2 Å². The second-order valence-electron chi connectivity index (χ2n) is 5.53. The third-order valence-electron chi connectivity index (χ3n) is 3.59. The Hall–Kier alpha value is -3.25. The van der Waals surface area contributed by atoms with Gasteiger partial charge in [-0.1, -0.05) is 34.1 Å². The molecule has 0 saturated heterocycles. The number of carbonyl (C=O) groups excluding carboxylic acids is 2. The predicted octanol–water partition coefficient (Wildman–Crippen LogP) is 4.43. The minimum Gasteiger partial charge on any atom is -0.423 e. The Labute approximate surface area is 164 Å². The molecule has 0 heterocycles. The molecule has 0 saturated carbocycles. The topological polar surface area (TPSA) is 67.8 Å². The number of carbonyl (C=O) groups is 2. The summed E-state index contributed by atoms with van der Waals surface area (Å²) in [5.41, 5.74) is 4.22. The Morgan fingerprint density at radius 2 is 1.52 bits per heavy atom. The highest BCUT2D eigenvalue weighted by Crippen LogP contribution is 2.14. The first-order chi connectivity index (χ1) is 13.1. The molecule has 1 amide bonds. The number of ether oxygens (including phenoxy) is 1. The molecule has 0 aliphatic carbocycles. The molecule has 3 rings (SSSR count). The van der Waals surface area contributed by atoms with Gasteiger partial charge in [-0.2, -0.15) is 5.10 Å². The van der Waals surface area contributed by atoms with Crippen LogP contribution in [0.15, 0.2) is 88.4 Å². The maximum absolute atomic E-state index is 12.0. The van der Waals surface area contributed by atoms with Gasteiger partial charge in [0.15, 0.2) is 0 Å². The molecule has 3 aromatic rings. The van der Waals surface area contributed by atoms with E-state index in [1.54, 1.807) is 72.8 Å². The normalized spacial score (nSPS) is 10.6. The SMILES string of the molecule is O=C(NN=Cc1ccc(OC(=O)c2ccccc2)cc1)c1ccc(Br)cc1.